The molecule has 1 fully saturated rings. The van der Waals surface area contributed by atoms with E-state index in [2.05, 4.69) is 4.98 Å². The first-order chi connectivity index (χ1) is 16.4. The number of rotatable bonds is 5. The van der Waals surface area contributed by atoms with Crippen LogP contribution in [0.2, 0.25) is 0 Å². The smallest absolute Gasteiger partial charge is 0.296 e. The largest absolute Gasteiger partial charge is 0.507 e. The van der Waals surface area contributed by atoms with Gasteiger partial charge in [-0.05, 0) is 43.3 Å². The van der Waals surface area contributed by atoms with Gasteiger partial charge in [-0.2, -0.15) is 0 Å². The number of aliphatic hydroxyl groups is 1. The Bertz CT molecular complexity index is 1450. The first kappa shape index (κ1) is 21.5. The van der Waals surface area contributed by atoms with Gasteiger partial charge in [0.1, 0.15) is 23.1 Å². The van der Waals surface area contributed by atoms with Crippen molar-refractivity contribution in [2.75, 3.05) is 7.11 Å². The van der Waals surface area contributed by atoms with Gasteiger partial charge < -0.3 is 24.1 Å². The van der Waals surface area contributed by atoms with Crippen molar-refractivity contribution in [3.63, 3.8) is 0 Å². The van der Waals surface area contributed by atoms with Crippen LogP contribution in [0.1, 0.15) is 28.6 Å². The van der Waals surface area contributed by atoms with Crippen LogP contribution in [0.4, 0.5) is 4.39 Å². The summed E-state index contributed by atoms with van der Waals surface area (Å²) in [5.74, 6) is -2.13. The Balaban J connectivity index is 1.78. The topological polar surface area (TPSA) is 95.8 Å². The molecule has 2 N–H and O–H groups in total. The van der Waals surface area contributed by atoms with Gasteiger partial charge in [-0.15, -0.1) is 0 Å². The van der Waals surface area contributed by atoms with E-state index in [9.17, 15) is 19.1 Å². The van der Waals surface area contributed by atoms with Crippen molar-refractivity contribution in [2.45, 2.75) is 19.5 Å². The summed E-state index contributed by atoms with van der Waals surface area (Å²) < 4.78 is 24.8. The van der Waals surface area contributed by atoms with E-state index in [4.69, 9.17) is 9.15 Å². The maximum atomic E-state index is 14.1. The molecule has 1 aliphatic heterocycles. The number of nitrogens with one attached hydrogen (secondary N) is 1. The Kier molecular flexibility index (Phi) is 5.20. The van der Waals surface area contributed by atoms with Gasteiger partial charge in [0.05, 0.1) is 37.1 Å². The molecule has 1 unspecified atom stereocenters. The molecule has 7 nitrogen and oxygen atoms in total. The number of aromatic amines is 1. The number of hydrogen-bond donors (Lipinski definition) is 2. The molecule has 1 saturated heterocycles. The number of para-hydroxylation sites is 1. The molecule has 0 saturated carbocycles. The van der Waals surface area contributed by atoms with Gasteiger partial charge in [0.25, 0.3) is 11.7 Å². The summed E-state index contributed by atoms with van der Waals surface area (Å²) in [4.78, 5) is 31.2. The number of furan rings is 1. The van der Waals surface area contributed by atoms with Crippen molar-refractivity contribution in [3.05, 3.63) is 94.8 Å². The molecule has 3 heterocycles. The number of halogens is 1. The Hall–Kier alpha value is -4.33. The number of Topliss-reactive ketones (excluding diaryl/α,β-unsaturated/α-hetero) is 1. The van der Waals surface area contributed by atoms with Gasteiger partial charge in [0.2, 0.25) is 0 Å². The number of nitrogens with zero attached hydrogens (tertiary/aromatic N) is 1. The summed E-state index contributed by atoms with van der Waals surface area (Å²) in [6, 6.07) is 13.6. The number of likely N-dealkylation sites (tertiary alicyclic amines) is 1. The summed E-state index contributed by atoms with van der Waals surface area (Å²) in [6.07, 6.45) is 1.48. The van der Waals surface area contributed by atoms with Crippen LogP contribution in [-0.4, -0.2) is 33.8 Å². The van der Waals surface area contributed by atoms with E-state index < -0.39 is 29.3 Å². The summed E-state index contributed by atoms with van der Waals surface area (Å²) >= 11 is 0. The van der Waals surface area contributed by atoms with Crippen molar-refractivity contribution in [2.24, 2.45) is 0 Å². The number of carbonyl (C=O) groups excluding carboxylic acids is 2. The van der Waals surface area contributed by atoms with Crippen molar-refractivity contribution in [1.82, 2.24) is 9.88 Å². The highest BCUT2D eigenvalue weighted by molar-refractivity contribution is 6.46. The summed E-state index contributed by atoms with van der Waals surface area (Å²) in [5, 5.41) is 12.1. The molecule has 1 amide bonds. The number of methoxy groups -OCH3 is 1. The van der Waals surface area contributed by atoms with Crippen LogP contribution in [0.15, 0.2) is 70.9 Å². The predicted molar refractivity (Wildman–Crippen MR) is 123 cm³/mol. The summed E-state index contributed by atoms with van der Waals surface area (Å²) in [5.41, 5.74) is 2.06. The zero-order valence-electron chi connectivity index (χ0n) is 18.5. The molecule has 0 bridgehead atoms. The fourth-order valence-electron chi connectivity index (χ4n) is 4.57. The number of ketones is 1. The zero-order valence-corrected chi connectivity index (χ0v) is 18.5. The molecule has 1 aliphatic rings. The van der Waals surface area contributed by atoms with E-state index in [0.717, 1.165) is 22.7 Å². The lowest BCUT2D eigenvalue weighted by molar-refractivity contribution is -0.140. The number of aromatic nitrogens is 1. The molecule has 8 heteroatoms. The molecule has 5 rings (SSSR count). The lowest BCUT2D eigenvalue weighted by Gasteiger charge is -2.25. The molecule has 2 aromatic carbocycles. The van der Waals surface area contributed by atoms with Crippen LogP contribution < -0.4 is 4.74 Å². The SMILES string of the molecule is COc1ccc(F)cc1/C(O)=C1\C(=O)C(=O)N(Cc2ccco2)C1c1c(C)[nH]c2ccccc12. The van der Waals surface area contributed by atoms with Crippen molar-refractivity contribution < 1.29 is 28.2 Å². The number of fused-ring (bicyclic) bond motifs is 1. The Morgan fingerprint density at radius 2 is 1.97 bits per heavy atom. The molecular formula is C26H21FN2O5. The first-order valence-corrected chi connectivity index (χ1v) is 10.6. The minimum atomic E-state index is -0.936. The monoisotopic (exact) mass is 460 g/mol. The number of carbonyl (C=O) groups is 2. The lowest BCUT2D eigenvalue weighted by Crippen LogP contribution is -2.29. The quantitative estimate of drug-likeness (QED) is 0.252. The number of amides is 1. The minimum Gasteiger partial charge on any atom is -0.507 e. The van der Waals surface area contributed by atoms with Crippen LogP contribution in [-0.2, 0) is 16.1 Å². The Morgan fingerprint density at radius 1 is 1.18 bits per heavy atom. The van der Waals surface area contributed by atoms with Gasteiger partial charge in [-0.1, -0.05) is 18.2 Å². The van der Waals surface area contributed by atoms with Crippen LogP contribution >= 0.6 is 0 Å². The van der Waals surface area contributed by atoms with Gasteiger partial charge in [0, 0.05) is 22.2 Å². The van der Waals surface area contributed by atoms with E-state index in [1.807, 2.05) is 31.2 Å². The molecule has 0 radical (unpaired) electrons. The summed E-state index contributed by atoms with van der Waals surface area (Å²) in [7, 11) is 1.38. The maximum Gasteiger partial charge on any atom is 0.296 e. The van der Waals surface area contributed by atoms with E-state index in [0.29, 0.717) is 11.3 Å². The number of hydrogen-bond acceptors (Lipinski definition) is 5. The van der Waals surface area contributed by atoms with Gasteiger partial charge in [-0.3, -0.25) is 9.59 Å². The molecule has 172 valence electrons. The van der Waals surface area contributed by atoms with E-state index in [1.165, 1.54) is 30.4 Å². The van der Waals surface area contributed by atoms with E-state index in [-0.39, 0.29) is 23.4 Å². The van der Waals surface area contributed by atoms with Gasteiger partial charge in [-0.25, -0.2) is 4.39 Å². The van der Waals surface area contributed by atoms with Crippen LogP contribution in [0.25, 0.3) is 16.7 Å². The van der Waals surface area contributed by atoms with Crippen molar-refractivity contribution in [3.8, 4) is 5.75 Å². The van der Waals surface area contributed by atoms with Crippen molar-refractivity contribution in [1.29, 1.82) is 0 Å². The van der Waals surface area contributed by atoms with Crippen LogP contribution in [0.5, 0.6) is 5.75 Å². The normalized spacial score (nSPS) is 17.6. The number of H-pyrrole nitrogens is 1. The molecular weight excluding hydrogens is 439 g/mol. The lowest BCUT2D eigenvalue weighted by atomic mass is 9.93. The highest BCUT2D eigenvalue weighted by Crippen LogP contribution is 2.45. The fraction of sp³-hybridized carbons (Fsp3) is 0.154. The number of benzene rings is 2. The Morgan fingerprint density at radius 3 is 2.71 bits per heavy atom. The molecule has 0 aliphatic carbocycles. The maximum absolute atomic E-state index is 14.1. The minimum absolute atomic E-state index is 0.0122. The number of ether oxygens (including phenoxy) is 1. The average molecular weight is 460 g/mol. The second-order valence-electron chi connectivity index (χ2n) is 8.06. The Labute approximate surface area is 194 Å². The summed E-state index contributed by atoms with van der Waals surface area (Å²) in [6.45, 7) is 1.85. The van der Waals surface area contributed by atoms with E-state index in [1.54, 1.807) is 12.1 Å². The highest BCUT2D eigenvalue weighted by Gasteiger charge is 2.48. The van der Waals surface area contributed by atoms with Gasteiger partial charge in [0.15, 0.2) is 0 Å². The van der Waals surface area contributed by atoms with Crippen molar-refractivity contribution >= 4 is 28.4 Å². The van der Waals surface area contributed by atoms with E-state index >= 15 is 0 Å². The zero-order chi connectivity index (χ0) is 24.0. The fourth-order valence-corrected chi connectivity index (χ4v) is 4.57. The molecule has 2 aromatic heterocycles. The predicted octanol–water partition coefficient (Wildman–Crippen LogP) is 4.84. The molecule has 1 atom stereocenters. The third kappa shape index (κ3) is 3.35. The number of aliphatic hydroxyl groups excluding tert-OH is 1. The molecule has 4 aromatic rings. The van der Waals surface area contributed by atoms with Crippen LogP contribution in [0.3, 0.4) is 0 Å². The number of aryl methyl sites for hydroxylation is 1. The first-order valence-electron chi connectivity index (χ1n) is 10.6. The average Bonchev–Trinajstić information content (AvgIpc) is 3.52. The second-order valence-corrected chi connectivity index (χ2v) is 8.06. The standard InChI is InChI=1S/C26H21FN2O5/c1-14-21(17-7-3-4-8-19(17)28-14)23-22(24(30)18-12-15(27)9-10-20(18)33-2)25(31)26(32)29(23)13-16-6-5-11-34-16/h3-12,23,28,30H,13H2,1-2H3/b24-22+. The highest BCUT2D eigenvalue weighted by atomic mass is 19.1. The molecule has 0 spiro atoms. The molecule has 34 heavy (non-hydrogen) atoms. The second kappa shape index (κ2) is 8.22. The van der Waals surface area contributed by atoms with Gasteiger partial charge >= 0.3 is 0 Å². The third-order valence-corrected chi connectivity index (χ3v) is 6.08. The third-order valence-electron chi connectivity index (χ3n) is 6.08. The van der Waals surface area contributed by atoms with Crippen LogP contribution in [0, 0.1) is 12.7 Å².